The van der Waals surface area contributed by atoms with E-state index in [2.05, 4.69) is 6.92 Å². The minimum Gasteiger partial charge on any atom is -0.472 e. The third-order valence-electron chi connectivity index (χ3n) is 7.21. The van der Waals surface area contributed by atoms with Gasteiger partial charge in [0.25, 0.3) is 0 Å². The van der Waals surface area contributed by atoms with E-state index in [1.165, 1.54) is 0 Å². The van der Waals surface area contributed by atoms with Crippen LogP contribution in [0.4, 0.5) is 0 Å². The second-order valence-corrected chi connectivity index (χ2v) is 8.42. The van der Waals surface area contributed by atoms with E-state index in [0.29, 0.717) is 25.0 Å². The largest absolute Gasteiger partial charge is 0.472 e. The van der Waals surface area contributed by atoms with E-state index < -0.39 is 29.0 Å². The van der Waals surface area contributed by atoms with Crippen LogP contribution < -0.4 is 0 Å². The molecule has 2 aliphatic carbocycles. The molecule has 1 aromatic heterocycles. The topological polar surface area (TPSA) is 86.0 Å². The van der Waals surface area contributed by atoms with Gasteiger partial charge in [0, 0.05) is 16.6 Å². The summed E-state index contributed by atoms with van der Waals surface area (Å²) in [5.74, 6) is -1.10. The summed E-state index contributed by atoms with van der Waals surface area (Å²) in [4.78, 5) is 25.1. The first-order valence-electron chi connectivity index (χ1n) is 9.24. The van der Waals surface area contributed by atoms with Crippen molar-refractivity contribution in [3.05, 3.63) is 35.8 Å². The van der Waals surface area contributed by atoms with Crippen LogP contribution in [0, 0.1) is 22.7 Å². The molecule has 1 saturated carbocycles. The molecule has 2 aliphatic heterocycles. The third kappa shape index (κ3) is 1.91. The van der Waals surface area contributed by atoms with Crippen LogP contribution in [-0.4, -0.2) is 29.8 Å². The van der Waals surface area contributed by atoms with Crippen LogP contribution in [0.3, 0.4) is 0 Å². The fraction of sp³-hybridized carbons (Fsp3) is 0.600. The number of cyclic esters (lactones) is 2. The van der Waals surface area contributed by atoms with E-state index in [4.69, 9.17) is 13.9 Å². The molecule has 0 amide bonds. The number of ether oxygens (including phenoxy) is 2. The van der Waals surface area contributed by atoms with Gasteiger partial charge in [-0.25, -0.2) is 4.79 Å². The second kappa shape index (κ2) is 5.22. The highest BCUT2D eigenvalue weighted by molar-refractivity contribution is 5.93. The Morgan fingerprint density at radius 1 is 1.27 bits per heavy atom. The van der Waals surface area contributed by atoms with Gasteiger partial charge in [-0.1, -0.05) is 13.0 Å². The van der Waals surface area contributed by atoms with Crippen molar-refractivity contribution < 1.29 is 28.6 Å². The Hall–Kier alpha value is -2.08. The number of aliphatic hydroxyl groups excluding tert-OH is 1. The number of carbonyl (C=O) groups is 2. The Morgan fingerprint density at radius 3 is 2.88 bits per heavy atom. The number of hydrogen-bond acceptors (Lipinski definition) is 6. The van der Waals surface area contributed by atoms with Crippen LogP contribution >= 0.6 is 0 Å². The number of esters is 2. The number of rotatable bonds is 1. The van der Waals surface area contributed by atoms with E-state index in [1.54, 1.807) is 12.5 Å². The lowest BCUT2D eigenvalue weighted by Gasteiger charge is -2.59. The van der Waals surface area contributed by atoms with Crippen molar-refractivity contribution >= 4 is 11.9 Å². The van der Waals surface area contributed by atoms with Gasteiger partial charge in [0.15, 0.2) is 0 Å². The molecule has 26 heavy (non-hydrogen) atoms. The van der Waals surface area contributed by atoms with Crippen LogP contribution in [0.5, 0.6) is 0 Å². The molecule has 1 aromatic rings. The Bertz CT molecular complexity index is 795. The highest BCUT2D eigenvalue weighted by Crippen LogP contribution is 2.66. The summed E-state index contributed by atoms with van der Waals surface area (Å²) >= 11 is 0. The van der Waals surface area contributed by atoms with Gasteiger partial charge < -0.3 is 19.0 Å². The maximum absolute atomic E-state index is 12.9. The fourth-order valence-electron chi connectivity index (χ4n) is 6.21. The Labute approximate surface area is 151 Å². The third-order valence-corrected chi connectivity index (χ3v) is 7.21. The molecule has 6 nitrogen and oxygen atoms in total. The van der Waals surface area contributed by atoms with E-state index >= 15 is 0 Å². The van der Waals surface area contributed by atoms with Crippen molar-refractivity contribution in [2.24, 2.45) is 22.7 Å². The number of furan rings is 1. The fourth-order valence-corrected chi connectivity index (χ4v) is 6.21. The van der Waals surface area contributed by atoms with Crippen molar-refractivity contribution in [1.82, 2.24) is 0 Å². The maximum atomic E-state index is 12.9. The summed E-state index contributed by atoms with van der Waals surface area (Å²) in [6.07, 6.45) is 6.56. The molecular formula is C20H22O6. The van der Waals surface area contributed by atoms with Gasteiger partial charge in [0.2, 0.25) is 0 Å². The standard InChI is InChI=1S/C20H22O6/c1-19-8-14(11-5-6-24-9-11)26-18(23)16(19)13(21)7-20-10-25-17(22)12(20)3-2-4-15(19)20/h3,5-6,9,13-16,21H,2,4,7-8,10H2,1H3. The summed E-state index contributed by atoms with van der Waals surface area (Å²) in [5, 5.41) is 10.9. The average molecular weight is 358 g/mol. The molecule has 1 spiro atoms. The molecule has 6 atom stereocenters. The van der Waals surface area contributed by atoms with Crippen LogP contribution in [0.15, 0.2) is 34.7 Å². The van der Waals surface area contributed by atoms with Gasteiger partial charge in [-0.05, 0) is 43.1 Å². The molecule has 5 rings (SSSR count). The minimum absolute atomic E-state index is 0.0945. The van der Waals surface area contributed by atoms with Crippen LogP contribution in [0.1, 0.15) is 44.3 Å². The number of carbonyl (C=O) groups excluding carboxylic acids is 2. The maximum Gasteiger partial charge on any atom is 0.334 e. The summed E-state index contributed by atoms with van der Waals surface area (Å²) in [6, 6.07) is 1.81. The number of hydrogen-bond donors (Lipinski definition) is 1. The van der Waals surface area contributed by atoms with E-state index in [9.17, 15) is 14.7 Å². The summed E-state index contributed by atoms with van der Waals surface area (Å²) in [5.41, 5.74) is 0.574. The summed E-state index contributed by atoms with van der Waals surface area (Å²) < 4.78 is 16.3. The highest BCUT2D eigenvalue weighted by Gasteiger charge is 2.67. The first kappa shape index (κ1) is 16.1. The minimum atomic E-state index is -0.843. The van der Waals surface area contributed by atoms with Gasteiger partial charge in [0.05, 0.1) is 24.5 Å². The van der Waals surface area contributed by atoms with Gasteiger partial charge in [-0.3, -0.25) is 4.79 Å². The molecule has 6 heteroatoms. The second-order valence-electron chi connectivity index (χ2n) is 8.42. The zero-order valence-corrected chi connectivity index (χ0v) is 14.6. The van der Waals surface area contributed by atoms with Gasteiger partial charge in [-0.15, -0.1) is 0 Å². The molecule has 1 N–H and O–H groups in total. The van der Waals surface area contributed by atoms with Crippen molar-refractivity contribution in [1.29, 1.82) is 0 Å². The molecule has 2 saturated heterocycles. The molecule has 3 heterocycles. The molecule has 0 radical (unpaired) electrons. The SMILES string of the molecule is CC12CC(c3ccoc3)OC(=O)C1C(O)CC13COC(=O)C1=CCCC32. The molecule has 4 aliphatic rings. The van der Waals surface area contributed by atoms with Gasteiger partial charge >= 0.3 is 11.9 Å². The van der Waals surface area contributed by atoms with Gasteiger partial charge in [-0.2, -0.15) is 0 Å². The first-order chi connectivity index (χ1) is 12.5. The lowest BCUT2D eigenvalue weighted by Crippen LogP contribution is -2.61. The predicted molar refractivity (Wildman–Crippen MR) is 88.6 cm³/mol. The Kier molecular flexibility index (Phi) is 3.24. The normalized spacial score (nSPS) is 44.3. The smallest absolute Gasteiger partial charge is 0.334 e. The number of allylic oxidation sites excluding steroid dienone is 1. The zero-order valence-electron chi connectivity index (χ0n) is 14.6. The molecule has 138 valence electrons. The molecular weight excluding hydrogens is 336 g/mol. The lowest BCUT2D eigenvalue weighted by molar-refractivity contribution is -0.210. The monoisotopic (exact) mass is 358 g/mol. The predicted octanol–water partition coefficient (Wildman–Crippen LogP) is 2.53. The zero-order chi connectivity index (χ0) is 18.1. The lowest BCUT2D eigenvalue weighted by atomic mass is 9.45. The van der Waals surface area contributed by atoms with Crippen molar-refractivity contribution in [3.8, 4) is 0 Å². The Morgan fingerprint density at radius 2 is 2.12 bits per heavy atom. The summed E-state index contributed by atoms with van der Waals surface area (Å²) in [7, 11) is 0. The van der Waals surface area contributed by atoms with Crippen molar-refractivity contribution in [2.45, 2.75) is 44.8 Å². The first-order valence-corrected chi connectivity index (χ1v) is 9.24. The van der Waals surface area contributed by atoms with E-state index in [1.807, 2.05) is 12.1 Å². The quantitative estimate of drug-likeness (QED) is 0.777. The molecule has 0 bridgehead atoms. The van der Waals surface area contributed by atoms with Gasteiger partial charge in [0.1, 0.15) is 12.7 Å². The van der Waals surface area contributed by atoms with E-state index in [0.717, 1.165) is 18.4 Å². The Balaban J connectivity index is 1.60. The summed E-state index contributed by atoms with van der Waals surface area (Å²) in [6.45, 7) is 2.37. The number of fused-ring (bicyclic) bond motifs is 2. The van der Waals surface area contributed by atoms with Crippen LogP contribution in [0.25, 0.3) is 0 Å². The van der Waals surface area contributed by atoms with Crippen LogP contribution in [0.2, 0.25) is 0 Å². The molecule has 6 unspecified atom stereocenters. The van der Waals surface area contributed by atoms with Crippen molar-refractivity contribution in [3.63, 3.8) is 0 Å². The molecule has 3 fully saturated rings. The average Bonchev–Trinajstić information content (AvgIpc) is 3.22. The van der Waals surface area contributed by atoms with E-state index in [-0.39, 0.29) is 17.9 Å². The molecule has 0 aromatic carbocycles. The number of aliphatic hydroxyl groups is 1. The highest BCUT2D eigenvalue weighted by atomic mass is 16.6. The van der Waals surface area contributed by atoms with Crippen molar-refractivity contribution in [2.75, 3.05) is 6.61 Å². The van der Waals surface area contributed by atoms with Crippen LogP contribution in [-0.2, 0) is 19.1 Å².